The Balaban J connectivity index is 2.28. The fourth-order valence-corrected chi connectivity index (χ4v) is 1.94. The van der Waals surface area contributed by atoms with E-state index < -0.39 is 0 Å². The summed E-state index contributed by atoms with van der Waals surface area (Å²) in [5.74, 6) is 0.954. The molecule has 1 saturated heterocycles. The van der Waals surface area contributed by atoms with Crippen molar-refractivity contribution in [1.82, 2.24) is 10.2 Å². The van der Waals surface area contributed by atoms with E-state index in [2.05, 4.69) is 31.2 Å². The zero-order valence-corrected chi connectivity index (χ0v) is 9.55. The van der Waals surface area contributed by atoms with Gasteiger partial charge in [0, 0.05) is 6.42 Å². The van der Waals surface area contributed by atoms with Crippen molar-refractivity contribution in [3.63, 3.8) is 0 Å². The predicted octanol–water partition coefficient (Wildman–Crippen LogP) is 0.895. The fourth-order valence-electron chi connectivity index (χ4n) is 1.94. The van der Waals surface area contributed by atoms with E-state index in [-0.39, 0.29) is 6.04 Å². The van der Waals surface area contributed by atoms with E-state index in [1.165, 1.54) is 0 Å². The molecule has 1 aliphatic rings. The lowest BCUT2D eigenvalue weighted by molar-refractivity contribution is -0.123. The molecule has 0 aromatic carbocycles. The first-order valence-electron chi connectivity index (χ1n) is 5.54. The first-order valence-corrected chi connectivity index (χ1v) is 5.54. The Hall–Kier alpha value is -0.410. The largest absolute Gasteiger partial charge is 0.309 e. The van der Waals surface area contributed by atoms with Gasteiger partial charge in [0.1, 0.15) is 5.78 Å². The van der Waals surface area contributed by atoms with Crippen LogP contribution in [0.4, 0.5) is 0 Å². The van der Waals surface area contributed by atoms with Gasteiger partial charge in [0.15, 0.2) is 0 Å². The van der Waals surface area contributed by atoms with Crippen LogP contribution in [0.5, 0.6) is 0 Å². The van der Waals surface area contributed by atoms with Gasteiger partial charge in [0.25, 0.3) is 0 Å². The maximum atomic E-state index is 11.6. The summed E-state index contributed by atoms with van der Waals surface area (Å²) in [6, 6.07) is 0.130. The second kappa shape index (κ2) is 5.47. The maximum absolute atomic E-state index is 11.6. The monoisotopic (exact) mass is 198 g/mol. The fraction of sp³-hybridized carbons (Fsp3) is 0.909. The predicted molar refractivity (Wildman–Crippen MR) is 58.4 cm³/mol. The van der Waals surface area contributed by atoms with Crippen LogP contribution in [0, 0.1) is 5.92 Å². The molecule has 1 rings (SSSR count). The molecule has 0 aromatic heterocycles. The lowest BCUT2D eigenvalue weighted by Crippen LogP contribution is -2.45. The van der Waals surface area contributed by atoms with Gasteiger partial charge < -0.3 is 10.2 Å². The van der Waals surface area contributed by atoms with Crippen molar-refractivity contribution in [2.75, 3.05) is 27.2 Å². The van der Waals surface area contributed by atoms with Gasteiger partial charge >= 0.3 is 0 Å². The van der Waals surface area contributed by atoms with Gasteiger partial charge in [-0.25, -0.2) is 0 Å². The van der Waals surface area contributed by atoms with Crippen molar-refractivity contribution in [3.05, 3.63) is 0 Å². The first-order chi connectivity index (χ1) is 6.63. The van der Waals surface area contributed by atoms with Crippen LogP contribution in [-0.4, -0.2) is 43.9 Å². The van der Waals surface area contributed by atoms with E-state index in [1.807, 2.05) is 0 Å². The molecule has 0 aliphatic carbocycles. The average molecular weight is 198 g/mol. The standard InChI is InChI=1S/C11H22N2O/c1-4-10-11(14)7-9(8-12-10)5-6-13(2)3/h9-10,12H,4-8H2,1-3H3. The molecule has 0 amide bonds. The molecular formula is C11H22N2O. The summed E-state index contributed by atoms with van der Waals surface area (Å²) in [5, 5.41) is 3.32. The van der Waals surface area contributed by atoms with Crippen LogP contribution in [0.2, 0.25) is 0 Å². The number of nitrogens with zero attached hydrogens (tertiary/aromatic N) is 1. The highest BCUT2D eigenvalue weighted by Crippen LogP contribution is 2.16. The number of rotatable bonds is 4. The second-order valence-electron chi connectivity index (χ2n) is 4.50. The minimum atomic E-state index is 0.130. The van der Waals surface area contributed by atoms with Gasteiger partial charge in [-0.1, -0.05) is 6.92 Å². The lowest BCUT2D eigenvalue weighted by atomic mass is 9.90. The molecule has 2 unspecified atom stereocenters. The number of Topliss-reactive ketones (excluding diaryl/α,β-unsaturated/α-hetero) is 1. The summed E-state index contributed by atoms with van der Waals surface area (Å²) in [7, 11) is 4.15. The van der Waals surface area contributed by atoms with Crippen molar-refractivity contribution >= 4 is 5.78 Å². The third-order valence-corrected chi connectivity index (χ3v) is 2.92. The number of ketones is 1. The Morgan fingerprint density at radius 3 is 2.71 bits per heavy atom. The van der Waals surface area contributed by atoms with Gasteiger partial charge in [0.05, 0.1) is 6.04 Å². The number of hydrogen-bond acceptors (Lipinski definition) is 3. The Kier molecular flexibility index (Phi) is 4.55. The number of carbonyl (C=O) groups is 1. The molecule has 1 fully saturated rings. The third kappa shape index (κ3) is 3.39. The van der Waals surface area contributed by atoms with Crippen molar-refractivity contribution < 1.29 is 4.79 Å². The van der Waals surface area contributed by atoms with E-state index in [4.69, 9.17) is 0 Å². The van der Waals surface area contributed by atoms with Crippen LogP contribution >= 0.6 is 0 Å². The highest BCUT2D eigenvalue weighted by Gasteiger charge is 2.26. The third-order valence-electron chi connectivity index (χ3n) is 2.92. The van der Waals surface area contributed by atoms with Gasteiger partial charge in [-0.05, 0) is 45.9 Å². The van der Waals surface area contributed by atoms with Gasteiger partial charge in [-0.3, -0.25) is 4.79 Å². The maximum Gasteiger partial charge on any atom is 0.150 e. The highest BCUT2D eigenvalue weighted by molar-refractivity contribution is 5.84. The number of hydrogen-bond donors (Lipinski definition) is 1. The van der Waals surface area contributed by atoms with Crippen molar-refractivity contribution in [2.24, 2.45) is 5.92 Å². The highest BCUT2D eigenvalue weighted by atomic mass is 16.1. The molecule has 82 valence electrons. The molecule has 0 spiro atoms. The van der Waals surface area contributed by atoms with Crippen LogP contribution in [0.25, 0.3) is 0 Å². The number of nitrogens with one attached hydrogen (secondary N) is 1. The molecule has 1 N–H and O–H groups in total. The van der Waals surface area contributed by atoms with Crippen LogP contribution < -0.4 is 5.32 Å². The Morgan fingerprint density at radius 2 is 2.21 bits per heavy atom. The number of piperidine rings is 1. The molecule has 0 bridgehead atoms. The summed E-state index contributed by atoms with van der Waals surface area (Å²) in [5.41, 5.74) is 0. The van der Waals surface area contributed by atoms with Crippen LogP contribution in [0.15, 0.2) is 0 Å². The second-order valence-corrected chi connectivity index (χ2v) is 4.50. The van der Waals surface area contributed by atoms with Gasteiger partial charge in [-0.2, -0.15) is 0 Å². The van der Waals surface area contributed by atoms with Crippen LogP contribution in [0.3, 0.4) is 0 Å². The molecule has 1 heterocycles. The van der Waals surface area contributed by atoms with Crippen molar-refractivity contribution in [1.29, 1.82) is 0 Å². The SMILES string of the molecule is CCC1NCC(CCN(C)C)CC1=O. The first kappa shape index (κ1) is 11.7. The Labute approximate surface area is 86.9 Å². The molecule has 14 heavy (non-hydrogen) atoms. The average Bonchev–Trinajstić information content (AvgIpc) is 2.15. The Bertz CT molecular complexity index is 192. The summed E-state index contributed by atoms with van der Waals surface area (Å²) >= 11 is 0. The molecule has 1 aliphatic heterocycles. The van der Waals surface area contributed by atoms with Gasteiger partial charge in [0.2, 0.25) is 0 Å². The van der Waals surface area contributed by atoms with E-state index in [1.54, 1.807) is 0 Å². The summed E-state index contributed by atoms with van der Waals surface area (Å²) in [6.07, 6.45) is 2.83. The molecule has 3 nitrogen and oxygen atoms in total. The minimum absolute atomic E-state index is 0.130. The molecule has 0 aromatic rings. The zero-order chi connectivity index (χ0) is 10.6. The number of carbonyl (C=O) groups excluding carboxylic acids is 1. The Morgan fingerprint density at radius 1 is 1.50 bits per heavy atom. The molecule has 3 heteroatoms. The van der Waals surface area contributed by atoms with E-state index >= 15 is 0 Å². The molecule has 0 saturated carbocycles. The summed E-state index contributed by atoms with van der Waals surface area (Å²) in [4.78, 5) is 13.8. The van der Waals surface area contributed by atoms with Crippen LogP contribution in [-0.2, 0) is 4.79 Å². The summed E-state index contributed by atoms with van der Waals surface area (Å²) < 4.78 is 0. The normalized spacial score (nSPS) is 28.4. The summed E-state index contributed by atoms with van der Waals surface area (Å²) in [6.45, 7) is 4.16. The molecule has 0 radical (unpaired) electrons. The zero-order valence-electron chi connectivity index (χ0n) is 9.55. The van der Waals surface area contributed by atoms with Gasteiger partial charge in [-0.15, -0.1) is 0 Å². The quantitative estimate of drug-likeness (QED) is 0.728. The minimum Gasteiger partial charge on any atom is -0.309 e. The van der Waals surface area contributed by atoms with Crippen molar-refractivity contribution in [2.45, 2.75) is 32.2 Å². The molecule has 2 atom stereocenters. The topological polar surface area (TPSA) is 32.3 Å². The lowest BCUT2D eigenvalue weighted by Gasteiger charge is -2.28. The molecular weight excluding hydrogens is 176 g/mol. The van der Waals surface area contributed by atoms with E-state index in [0.717, 1.165) is 32.4 Å². The smallest absolute Gasteiger partial charge is 0.150 e. The van der Waals surface area contributed by atoms with E-state index in [9.17, 15) is 4.79 Å². The van der Waals surface area contributed by atoms with E-state index in [0.29, 0.717) is 11.7 Å². The van der Waals surface area contributed by atoms with Crippen LogP contribution in [0.1, 0.15) is 26.2 Å². The van der Waals surface area contributed by atoms with Crippen molar-refractivity contribution in [3.8, 4) is 0 Å².